The first kappa shape index (κ1) is 14.3. The van der Waals surface area contributed by atoms with Crippen molar-refractivity contribution in [2.45, 2.75) is 4.90 Å². The van der Waals surface area contributed by atoms with Gasteiger partial charge in [0.25, 0.3) is 0 Å². The van der Waals surface area contributed by atoms with Crippen molar-refractivity contribution in [3.05, 3.63) is 54.2 Å². The summed E-state index contributed by atoms with van der Waals surface area (Å²) in [6.07, 6.45) is 3.41. The Kier molecular flexibility index (Phi) is 3.46. The van der Waals surface area contributed by atoms with Gasteiger partial charge in [-0.15, -0.1) is 0 Å². The van der Waals surface area contributed by atoms with E-state index < -0.39 is 9.84 Å². The van der Waals surface area contributed by atoms with Crippen LogP contribution >= 0.6 is 0 Å². The lowest BCUT2D eigenvalue weighted by Gasteiger charge is -2.10. The minimum absolute atomic E-state index is 0.147. The van der Waals surface area contributed by atoms with Gasteiger partial charge in [0, 0.05) is 23.6 Å². The molecule has 0 saturated heterocycles. The molecule has 0 radical (unpaired) electrons. The predicted molar refractivity (Wildman–Crippen MR) is 83.5 cm³/mol. The standard InChI is InChI=1S/C16H12N2O3S/c1-22(20,21)15-7-3-2-5-12(15)16-11(10-19)9-14-13(18-16)6-4-8-17-14/h2-10H,1H3. The highest BCUT2D eigenvalue weighted by Gasteiger charge is 2.18. The zero-order valence-corrected chi connectivity index (χ0v) is 12.5. The molecule has 0 bridgehead atoms. The van der Waals surface area contributed by atoms with Gasteiger partial charge in [-0.3, -0.25) is 9.78 Å². The first-order valence-corrected chi connectivity index (χ1v) is 8.40. The summed E-state index contributed by atoms with van der Waals surface area (Å²) in [4.78, 5) is 20.1. The van der Waals surface area contributed by atoms with Crippen LogP contribution in [0.25, 0.3) is 22.3 Å². The number of sulfone groups is 1. The van der Waals surface area contributed by atoms with Crippen LogP contribution in [0.3, 0.4) is 0 Å². The van der Waals surface area contributed by atoms with Crippen LogP contribution in [0.2, 0.25) is 0 Å². The Balaban J connectivity index is 2.38. The van der Waals surface area contributed by atoms with Crippen LogP contribution in [0, 0.1) is 0 Å². The quantitative estimate of drug-likeness (QED) is 0.694. The number of pyridine rings is 2. The second kappa shape index (κ2) is 5.31. The molecule has 3 rings (SSSR count). The van der Waals surface area contributed by atoms with Crippen LogP contribution in [-0.2, 0) is 9.84 Å². The molecule has 0 unspecified atom stereocenters. The number of hydrogen-bond donors (Lipinski definition) is 0. The SMILES string of the molecule is CS(=O)(=O)c1ccccc1-c1nc2cccnc2cc1C=O. The number of nitrogens with zero attached hydrogens (tertiary/aromatic N) is 2. The zero-order valence-electron chi connectivity index (χ0n) is 11.7. The summed E-state index contributed by atoms with van der Waals surface area (Å²) in [5, 5.41) is 0. The fourth-order valence-corrected chi connectivity index (χ4v) is 3.20. The van der Waals surface area contributed by atoms with Crippen molar-refractivity contribution in [1.29, 1.82) is 0 Å². The molecule has 6 heteroatoms. The average molecular weight is 312 g/mol. The Hall–Kier alpha value is -2.60. The van der Waals surface area contributed by atoms with Crippen LogP contribution in [0.4, 0.5) is 0 Å². The summed E-state index contributed by atoms with van der Waals surface area (Å²) < 4.78 is 23.9. The van der Waals surface area contributed by atoms with Crippen molar-refractivity contribution in [3.63, 3.8) is 0 Å². The summed E-state index contributed by atoms with van der Waals surface area (Å²) in [5.41, 5.74) is 2.26. The number of benzene rings is 1. The zero-order chi connectivity index (χ0) is 15.7. The molecule has 0 spiro atoms. The van der Waals surface area contributed by atoms with Crippen LogP contribution in [0.1, 0.15) is 10.4 Å². The maximum atomic E-state index is 12.0. The molecule has 110 valence electrons. The van der Waals surface area contributed by atoms with Crippen LogP contribution in [0.15, 0.2) is 53.6 Å². The molecule has 3 aromatic rings. The third-order valence-corrected chi connectivity index (χ3v) is 4.44. The van der Waals surface area contributed by atoms with E-state index in [0.717, 1.165) is 6.26 Å². The van der Waals surface area contributed by atoms with Gasteiger partial charge in [0.1, 0.15) is 0 Å². The summed E-state index contributed by atoms with van der Waals surface area (Å²) in [5.74, 6) is 0. The second-order valence-electron chi connectivity index (χ2n) is 4.85. The molecule has 0 fully saturated rings. The van der Waals surface area contributed by atoms with Crippen molar-refractivity contribution in [2.24, 2.45) is 0 Å². The molecule has 0 N–H and O–H groups in total. The molecule has 5 nitrogen and oxygen atoms in total. The van der Waals surface area contributed by atoms with Gasteiger partial charge in [-0.05, 0) is 24.3 Å². The van der Waals surface area contributed by atoms with Gasteiger partial charge in [-0.1, -0.05) is 18.2 Å². The minimum Gasteiger partial charge on any atom is -0.298 e. The molecule has 0 aliphatic rings. The molecular weight excluding hydrogens is 300 g/mol. The van der Waals surface area contributed by atoms with Crippen LogP contribution in [-0.4, -0.2) is 30.9 Å². The smallest absolute Gasteiger partial charge is 0.176 e. The molecule has 0 aliphatic carbocycles. The van der Waals surface area contributed by atoms with Gasteiger partial charge in [0.15, 0.2) is 16.1 Å². The number of aldehydes is 1. The molecule has 0 aliphatic heterocycles. The molecule has 2 heterocycles. The highest BCUT2D eigenvalue weighted by Crippen LogP contribution is 2.29. The van der Waals surface area contributed by atoms with Gasteiger partial charge in [-0.2, -0.15) is 0 Å². The van der Waals surface area contributed by atoms with E-state index in [4.69, 9.17) is 0 Å². The number of rotatable bonds is 3. The highest BCUT2D eigenvalue weighted by molar-refractivity contribution is 7.90. The van der Waals surface area contributed by atoms with Crippen molar-refractivity contribution >= 4 is 27.2 Å². The molecule has 0 saturated carbocycles. The fourth-order valence-electron chi connectivity index (χ4n) is 2.31. The predicted octanol–water partition coefficient (Wildman–Crippen LogP) is 2.51. The molecular formula is C16H12N2O3S. The van der Waals surface area contributed by atoms with Crippen molar-refractivity contribution < 1.29 is 13.2 Å². The highest BCUT2D eigenvalue weighted by atomic mass is 32.2. The van der Waals surface area contributed by atoms with Crippen LogP contribution < -0.4 is 0 Å². The summed E-state index contributed by atoms with van der Waals surface area (Å²) in [7, 11) is -3.43. The monoisotopic (exact) mass is 312 g/mol. The lowest BCUT2D eigenvalue weighted by Crippen LogP contribution is -2.02. The first-order chi connectivity index (χ1) is 10.5. The normalized spacial score (nSPS) is 11.5. The van der Waals surface area contributed by atoms with Gasteiger partial charge in [0.2, 0.25) is 0 Å². The molecule has 1 aromatic carbocycles. The largest absolute Gasteiger partial charge is 0.298 e. The number of fused-ring (bicyclic) bond motifs is 1. The Bertz CT molecular complexity index is 982. The minimum atomic E-state index is -3.43. The van der Waals surface area contributed by atoms with E-state index in [1.54, 1.807) is 42.6 Å². The lowest BCUT2D eigenvalue weighted by molar-refractivity contribution is 0.112. The maximum absolute atomic E-state index is 12.0. The second-order valence-corrected chi connectivity index (χ2v) is 6.84. The van der Waals surface area contributed by atoms with Crippen molar-refractivity contribution in [1.82, 2.24) is 9.97 Å². The number of carbonyl (C=O) groups excluding carboxylic acids is 1. The van der Waals surface area contributed by atoms with Gasteiger partial charge in [-0.25, -0.2) is 13.4 Å². The molecule has 2 aromatic heterocycles. The van der Waals surface area contributed by atoms with Gasteiger partial charge >= 0.3 is 0 Å². The fraction of sp³-hybridized carbons (Fsp3) is 0.0625. The Morgan fingerprint density at radius 3 is 2.55 bits per heavy atom. The van der Waals surface area contributed by atoms with Crippen molar-refractivity contribution in [2.75, 3.05) is 6.26 Å². The summed E-state index contributed by atoms with van der Waals surface area (Å²) >= 11 is 0. The van der Waals surface area contributed by atoms with E-state index in [1.165, 1.54) is 6.07 Å². The van der Waals surface area contributed by atoms with Gasteiger partial charge < -0.3 is 0 Å². The lowest BCUT2D eigenvalue weighted by atomic mass is 10.1. The molecule has 22 heavy (non-hydrogen) atoms. The third-order valence-electron chi connectivity index (χ3n) is 3.28. The third kappa shape index (κ3) is 2.48. The average Bonchev–Trinajstić information content (AvgIpc) is 2.52. The van der Waals surface area contributed by atoms with E-state index in [2.05, 4.69) is 9.97 Å². The Labute approximate surface area is 127 Å². The maximum Gasteiger partial charge on any atom is 0.176 e. The van der Waals surface area contributed by atoms with E-state index in [9.17, 15) is 13.2 Å². The van der Waals surface area contributed by atoms with Crippen LogP contribution in [0.5, 0.6) is 0 Å². The topological polar surface area (TPSA) is 77.0 Å². The van der Waals surface area contributed by atoms with Gasteiger partial charge in [0.05, 0.1) is 21.6 Å². The number of hydrogen-bond acceptors (Lipinski definition) is 5. The van der Waals surface area contributed by atoms with E-state index in [1.807, 2.05) is 0 Å². The molecule has 0 atom stereocenters. The number of carbonyl (C=O) groups is 1. The van der Waals surface area contributed by atoms with E-state index >= 15 is 0 Å². The summed E-state index contributed by atoms with van der Waals surface area (Å²) in [6, 6.07) is 11.6. The molecule has 0 amide bonds. The van der Waals surface area contributed by atoms with Crippen molar-refractivity contribution in [3.8, 4) is 11.3 Å². The Morgan fingerprint density at radius 2 is 1.82 bits per heavy atom. The number of aromatic nitrogens is 2. The Morgan fingerprint density at radius 1 is 1.05 bits per heavy atom. The van der Waals surface area contributed by atoms with E-state index in [0.29, 0.717) is 34.1 Å². The first-order valence-electron chi connectivity index (χ1n) is 6.51. The van der Waals surface area contributed by atoms with E-state index in [-0.39, 0.29) is 4.90 Å². The summed E-state index contributed by atoms with van der Waals surface area (Å²) in [6.45, 7) is 0.